The van der Waals surface area contributed by atoms with E-state index in [0.29, 0.717) is 26.2 Å². The Morgan fingerprint density at radius 3 is 2.46 bits per heavy atom. The highest BCUT2D eigenvalue weighted by Crippen LogP contribution is 2.28. The number of anilines is 1. The van der Waals surface area contributed by atoms with Gasteiger partial charge in [-0.15, -0.1) is 0 Å². The molecule has 6 heteroatoms. The molecule has 3 rings (SSSR count). The smallest absolute Gasteiger partial charge is 0.317 e. The van der Waals surface area contributed by atoms with Crippen LogP contribution in [0.2, 0.25) is 0 Å². The zero-order valence-electron chi connectivity index (χ0n) is 15.0. The van der Waals surface area contributed by atoms with Crippen LogP contribution >= 0.6 is 0 Å². The van der Waals surface area contributed by atoms with Gasteiger partial charge in [0.2, 0.25) is 0 Å². The highest BCUT2D eigenvalue weighted by atomic mass is 16.5. The maximum absolute atomic E-state index is 12.4. The summed E-state index contributed by atoms with van der Waals surface area (Å²) >= 11 is 0. The van der Waals surface area contributed by atoms with E-state index in [1.807, 2.05) is 30.0 Å². The molecule has 0 aromatic heterocycles. The molecule has 6 nitrogen and oxygen atoms in total. The highest BCUT2D eigenvalue weighted by molar-refractivity contribution is 5.74. The van der Waals surface area contributed by atoms with Gasteiger partial charge in [-0.1, -0.05) is 24.3 Å². The number of nitrogens with one attached hydrogen (secondary N) is 1. The van der Waals surface area contributed by atoms with Crippen LogP contribution in [-0.4, -0.2) is 48.8 Å². The summed E-state index contributed by atoms with van der Waals surface area (Å²) in [6, 6.07) is 14.8. The molecule has 0 unspecified atom stereocenters. The third-order valence-electron chi connectivity index (χ3n) is 4.45. The van der Waals surface area contributed by atoms with Crippen LogP contribution in [0, 0.1) is 0 Å². The van der Waals surface area contributed by atoms with E-state index in [0.717, 1.165) is 30.1 Å². The Morgan fingerprint density at radius 2 is 1.77 bits per heavy atom. The second-order valence-corrected chi connectivity index (χ2v) is 6.20. The van der Waals surface area contributed by atoms with Crippen LogP contribution in [0.3, 0.4) is 0 Å². The Morgan fingerprint density at radius 1 is 1.08 bits per heavy atom. The van der Waals surface area contributed by atoms with Gasteiger partial charge in [-0.25, -0.2) is 4.79 Å². The van der Waals surface area contributed by atoms with Crippen molar-refractivity contribution >= 4 is 11.7 Å². The minimum atomic E-state index is -0.0594. The molecule has 0 atom stereocenters. The van der Waals surface area contributed by atoms with Crippen LogP contribution in [0.4, 0.5) is 10.5 Å². The van der Waals surface area contributed by atoms with E-state index < -0.39 is 0 Å². The van der Waals surface area contributed by atoms with Gasteiger partial charge in [0.05, 0.1) is 12.3 Å². The van der Waals surface area contributed by atoms with E-state index in [4.69, 9.17) is 4.74 Å². The van der Waals surface area contributed by atoms with Gasteiger partial charge >= 0.3 is 6.03 Å². The number of nitrogens with zero attached hydrogens (tertiary/aromatic N) is 2. The fraction of sp³-hybridized carbons (Fsp3) is 0.350. The summed E-state index contributed by atoms with van der Waals surface area (Å²) in [5.74, 6) is 1.11. The summed E-state index contributed by atoms with van der Waals surface area (Å²) in [7, 11) is 0. The largest absolute Gasteiger partial charge is 0.508 e. The highest BCUT2D eigenvalue weighted by Gasteiger charge is 2.22. The van der Waals surface area contributed by atoms with Crippen molar-refractivity contribution in [2.24, 2.45) is 0 Å². The molecule has 0 bridgehead atoms. The van der Waals surface area contributed by atoms with E-state index in [1.54, 1.807) is 24.3 Å². The number of rotatable bonds is 5. The molecule has 1 saturated heterocycles. The molecule has 0 radical (unpaired) electrons. The third kappa shape index (κ3) is 4.39. The lowest BCUT2D eigenvalue weighted by Gasteiger charge is -2.36. The first-order valence-electron chi connectivity index (χ1n) is 8.95. The van der Waals surface area contributed by atoms with E-state index in [1.165, 1.54) is 0 Å². The number of carbonyl (C=O) groups excluding carboxylic acids is 1. The van der Waals surface area contributed by atoms with Gasteiger partial charge < -0.3 is 25.0 Å². The van der Waals surface area contributed by atoms with Crippen molar-refractivity contribution in [3.05, 3.63) is 54.1 Å². The molecule has 0 aliphatic carbocycles. The van der Waals surface area contributed by atoms with E-state index in [9.17, 15) is 9.90 Å². The molecule has 1 aliphatic heterocycles. The van der Waals surface area contributed by atoms with Crippen molar-refractivity contribution in [1.82, 2.24) is 10.2 Å². The first kappa shape index (κ1) is 17.9. The molecule has 2 aromatic carbocycles. The van der Waals surface area contributed by atoms with Crippen molar-refractivity contribution in [2.75, 3.05) is 37.7 Å². The summed E-state index contributed by atoms with van der Waals surface area (Å²) in [5, 5.41) is 12.2. The second kappa shape index (κ2) is 8.47. The second-order valence-electron chi connectivity index (χ2n) is 6.20. The molecule has 2 aromatic rings. The van der Waals surface area contributed by atoms with Gasteiger partial charge in [0.25, 0.3) is 0 Å². The Labute approximate surface area is 154 Å². The van der Waals surface area contributed by atoms with E-state index in [-0.39, 0.29) is 11.8 Å². The van der Waals surface area contributed by atoms with Crippen molar-refractivity contribution in [2.45, 2.75) is 13.5 Å². The van der Waals surface area contributed by atoms with E-state index >= 15 is 0 Å². The molecule has 138 valence electrons. The minimum Gasteiger partial charge on any atom is -0.508 e. The van der Waals surface area contributed by atoms with E-state index in [2.05, 4.69) is 16.3 Å². The molecule has 1 heterocycles. The van der Waals surface area contributed by atoms with Crippen LogP contribution in [0.1, 0.15) is 12.5 Å². The number of benzene rings is 2. The lowest BCUT2D eigenvalue weighted by Crippen LogP contribution is -2.51. The topological polar surface area (TPSA) is 65.0 Å². The number of urea groups is 1. The van der Waals surface area contributed by atoms with Crippen LogP contribution in [-0.2, 0) is 6.54 Å². The maximum Gasteiger partial charge on any atom is 0.317 e. The predicted molar refractivity (Wildman–Crippen MR) is 102 cm³/mol. The van der Waals surface area contributed by atoms with Crippen LogP contribution in [0.25, 0.3) is 0 Å². The standard InChI is InChI=1S/C20H25N3O3/c1-2-26-19-6-4-3-5-18(19)22-11-13-23(14-12-22)20(25)21-15-16-7-9-17(24)10-8-16/h3-10,24H,2,11-15H2,1H3,(H,21,25). The van der Waals surface area contributed by atoms with Crippen molar-refractivity contribution in [1.29, 1.82) is 0 Å². The van der Waals surface area contributed by atoms with Crippen LogP contribution < -0.4 is 15.0 Å². The summed E-state index contributed by atoms with van der Waals surface area (Å²) < 4.78 is 5.71. The first-order chi connectivity index (χ1) is 12.7. The van der Waals surface area contributed by atoms with Gasteiger partial charge in [0.1, 0.15) is 11.5 Å². The molecule has 1 aliphatic rings. The Bertz CT molecular complexity index is 725. The average molecular weight is 355 g/mol. The Balaban J connectivity index is 1.51. The van der Waals surface area contributed by atoms with Gasteiger partial charge in [-0.05, 0) is 36.8 Å². The van der Waals surface area contributed by atoms with Gasteiger partial charge in [-0.3, -0.25) is 0 Å². The monoisotopic (exact) mass is 355 g/mol. The average Bonchev–Trinajstić information content (AvgIpc) is 2.68. The summed E-state index contributed by atoms with van der Waals surface area (Å²) in [5.41, 5.74) is 2.04. The van der Waals surface area contributed by atoms with Crippen molar-refractivity contribution < 1.29 is 14.6 Å². The van der Waals surface area contributed by atoms with Crippen molar-refractivity contribution in [3.8, 4) is 11.5 Å². The maximum atomic E-state index is 12.4. The van der Waals surface area contributed by atoms with Gasteiger partial charge in [0, 0.05) is 32.7 Å². The number of aromatic hydroxyl groups is 1. The number of phenols is 1. The molecule has 2 N–H and O–H groups in total. The summed E-state index contributed by atoms with van der Waals surface area (Å²) in [6.07, 6.45) is 0. The molecule has 0 saturated carbocycles. The number of piperazine rings is 1. The first-order valence-corrected chi connectivity index (χ1v) is 8.95. The Hall–Kier alpha value is -2.89. The number of amides is 2. The number of ether oxygens (including phenoxy) is 1. The summed E-state index contributed by atoms with van der Waals surface area (Å²) in [6.45, 7) is 5.95. The molecule has 0 spiro atoms. The van der Waals surface area contributed by atoms with Gasteiger partial charge in [-0.2, -0.15) is 0 Å². The number of carbonyl (C=O) groups is 1. The van der Waals surface area contributed by atoms with Crippen LogP contribution in [0.5, 0.6) is 11.5 Å². The quantitative estimate of drug-likeness (QED) is 0.866. The Kier molecular flexibility index (Phi) is 5.84. The lowest BCUT2D eigenvalue weighted by molar-refractivity contribution is 0.194. The zero-order valence-corrected chi connectivity index (χ0v) is 15.0. The molecule has 26 heavy (non-hydrogen) atoms. The zero-order chi connectivity index (χ0) is 18.4. The fourth-order valence-electron chi connectivity index (χ4n) is 3.05. The molecular weight excluding hydrogens is 330 g/mol. The normalized spacial score (nSPS) is 14.2. The number of hydrogen-bond donors (Lipinski definition) is 2. The summed E-state index contributed by atoms with van der Waals surface area (Å²) in [4.78, 5) is 16.5. The predicted octanol–water partition coefficient (Wildman–Crippen LogP) is 2.82. The lowest BCUT2D eigenvalue weighted by atomic mass is 10.2. The minimum absolute atomic E-state index is 0.0594. The number of hydrogen-bond acceptors (Lipinski definition) is 4. The third-order valence-corrected chi connectivity index (χ3v) is 4.45. The SMILES string of the molecule is CCOc1ccccc1N1CCN(C(=O)NCc2ccc(O)cc2)CC1. The van der Waals surface area contributed by atoms with Crippen LogP contribution in [0.15, 0.2) is 48.5 Å². The number of para-hydroxylation sites is 2. The molecule has 2 amide bonds. The fourth-order valence-corrected chi connectivity index (χ4v) is 3.05. The number of phenolic OH excluding ortho intramolecular Hbond substituents is 1. The van der Waals surface area contributed by atoms with Gasteiger partial charge in [0.15, 0.2) is 0 Å². The van der Waals surface area contributed by atoms with Crippen molar-refractivity contribution in [3.63, 3.8) is 0 Å². The molecular formula is C20H25N3O3. The molecule has 1 fully saturated rings.